The van der Waals surface area contributed by atoms with Crippen molar-refractivity contribution >= 4 is 19.8 Å². The molecule has 0 bridgehead atoms. The second-order valence-corrected chi connectivity index (χ2v) is 18.5. The molecule has 0 aromatic heterocycles. The topological polar surface area (TPSA) is 111 Å². The first-order chi connectivity index (χ1) is 30.0. The van der Waals surface area contributed by atoms with Crippen LogP contribution in [0.1, 0.15) is 181 Å². The Morgan fingerprint density at radius 1 is 0.516 bits per heavy atom. The summed E-state index contributed by atoms with van der Waals surface area (Å²) in [6.07, 6.45) is 56.4. The third-order valence-electron chi connectivity index (χ3n) is 9.93. The molecule has 2 atom stereocenters. The monoisotopic (exact) mass is 888 g/mol. The van der Waals surface area contributed by atoms with Crippen LogP contribution in [0.2, 0.25) is 0 Å². The molecule has 0 aromatic rings. The molecule has 0 amide bonds. The van der Waals surface area contributed by atoms with E-state index in [0.29, 0.717) is 17.4 Å². The van der Waals surface area contributed by atoms with Crippen molar-refractivity contribution in [3.8, 4) is 0 Å². The maximum atomic E-state index is 12.7. The summed E-state index contributed by atoms with van der Waals surface area (Å²) in [5.41, 5.74) is 0. The molecular formula is C52H90NO8P. The fourth-order valence-corrected chi connectivity index (χ4v) is 6.89. The van der Waals surface area contributed by atoms with Gasteiger partial charge in [0.25, 0.3) is 7.82 Å². The molecule has 0 aliphatic rings. The molecule has 0 radical (unpaired) electrons. The lowest BCUT2D eigenvalue weighted by molar-refractivity contribution is -0.870. The predicted octanol–water partition coefficient (Wildman–Crippen LogP) is 13.7. The van der Waals surface area contributed by atoms with Gasteiger partial charge in [-0.3, -0.25) is 14.2 Å². The average Bonchev–Trinajstić information content (AvgIpc) is 3.23. The van der Waals surface area contributed by atoms with Gasteiger partial charge in [0.2, 0.25) is 0 Å². The quantitative estimate of drug-likeness (QED) is 0.0196. The Bertz CT molecular complexity index is 1330. The first kappa shape index (κ1) is 59.2. The zero-order valence-electron chi connectivity index (χ0n) is 40.0. The third kappa shape index (κ3) is 46.7. The first-order valence-corrected chi connectivity index (χ1v) is 25.8. The van der Waals surface area contributed by atoms with Crippen LogP contribution < -0.4 is 4.89 Å². The molecule has 0 saturated carbocycles. The molecule has 0 spiro atoms. The van der Waals surface area contributed by atoms with Crippen molar-refractivity contribution in [1.29, 1.82) is 0 Å². The molecule has 0 fully saturated rings. The maximum absolute atomic E-state index is 12.7. The lowest BCUT2D eigenvalue weighted by Crippen LogP contribution is -2.37. The molecule has 0 N–H and O–H groups in total. The molecular weight excluding hydrogens is 798 g/mol. The van der Waals surface area contributed by atoms with E-state index in [9.17, 15) is 19.0 Å². The Labute approximate surface area is 380 Å². The zero-order valence-corrected chi connectivity index (χ0v) is 40.9. The summed E-state index contributed by atoms with van der Waals surface area (Å²) in [5, 5.41) is 0. The molecule has 0 heterocycles. The van der Waals surface area contributed by atoms with Gasteiger partial charge < -0.3 is 27.9 Å². The number of carbonyl (C=O) groups is 2. The molecule has 0 aliphatic carbocycles. The molecule has 356 valence electrons. The van der Waals surface area contributed by atoms with Crippen LogP contribution in [0.5, 0.6) is 0 Å². The van der Waals surface area contributed by atoms with Crippen LogP contribution in [-0.4, -0.2) is 70.0 Å². The van der Waals surface area contributed by atoms with Crippen molar-refractivity contribution in [3.63, 3.8) is 0 Å². The van der Waals surface area contributed by atoms with E-state index in [-0.39, 0.29) is 26.1 Å². The average molecular weight is 888 g/mol. The number of ether oxygens (including phenoxy) is 2. The lowest BCUT2D eigenvalue weighted by Gasteiger charge is -2.28. The number of rotatable bonds is 43. The molecule has 2 unspecified atom stereocenters. The van der Waals surface area contributed by atoms with Gasteiger partial charge in [-0.15, -0.1) is 0 Å². The van der Waals surface area contributed by atoms with Gasteiger partial charge in [0.15, 0.2) is 6.10 Å². The Morgan fingerprint density at radius 2 is 0.919 bits per heavy atom. The Hall–Kier alpha value is -2.81. The highest BCUT2D eigenvalue weighted by atomic mass is 31.2. The number of unbranched alkanes of at least 4 members (excludes halogenated alkanes) is 15. The molecule has 0 saturated heterocycles. The summed E-state index contributed by atoms with van der Waals surface area (Å²) in [5.74, 6) is -0.853. The Kier molecular flexibility index (Phi) is 41.5. The van der Waals surface area contributed by atoms with Crippen LogP contribution in [-0.2, 0) is 32.7 Å². The Balaban J connectivity index is 4.10. The van der Waals surface area contributed by atoms with E-state index >= 15 is 0 Å². The van der Waals surface area contributed by atoms with E-state index in [1.807, 2.05) is 21.1 Å². The van der Waals surface area contributed by atoms with E-state index in [2.05, 4.69) is 98.9 Å². The van der Waals surface area contributed by atoms with Gasteiger partial charge >= 0.3 is 11.9 Å². The zero-order chi connectivity index (χ0) is 45.7. The summed E-state index contributed by atoms with van der Waals surface area (Å²) in [4.78, 5) is 37.4. The summed E-state index contributed by atoms with van der Waals surface area (Å²) >= 11 is 0. The van der Waals surface area contributed by atoms with Crippen molar-refractivity contribution in [3.05, 3.63) is 85.1 Å². The van der Waals surface area contributed by atoms with Crippen molar-refractivity contribution in [2.75, 3.05) is 47.5 Å². The predicted molar refractivity (Wildman–Crippen MR) is 259 cm³/mol. The van der Waals surface area contributed by atoms with E-state index in [0.717, 1.165) is 96.3 Å². The van der Waals surface area contributed by atoms with Crippen LogP contribution in [0.15, 0.2) is 85.1 Å². The SMILES string of the molecule is CC/C=C\C/C=C\C/C=C\C/C=C\C/C=C\C/C=C\C/C=C\CCCCCCCCCCCC(=O)OC(COC(=O)CCCCCCCCC)COP(=O)([O-])OCC[N+](C)(C)C. The van der Waals surface area contributed by atoms with Gasteiger partial charge in [-0.05, 0) is 70.6 Å². The largest absolute Gasteiger partial charge is 0.756 e. The number of allylic oxidation sites excluding steroid dienone is 14. The maximum Gasteiger partial charge on any atom is 0.306 e. The smallest absolute Gasteiger partial charge is 0.306 e. The van der Waals surface area contributed by atoms with Gasteiger partial charge in [-0.25, -0.2) is 0 Å². The minimum absolute atomic E-state index is 0.0351. The number of phosphoric acid groups is 1. The Morgan fingerprint density at radius 3 is 1.37 bits per heavy atom. The molecule has 0 aliphatic heterocycles. The van der Waals surface area contributed by atoms with Crippen molar-refractivity contribution < 1.29 is 42.1 Å². The van der Waals surface area contributed by atoms with Crippen LogP contribution in [0, 0.1) is 0 Å². The number of quaternary nitrogens is 1. The van der Waals surface area contributed by atoms with Crippen LogP contribution in [0.4, 0.5) is 0 Å². The summed E-state index contributed by atoms with van der Waals surface area (Å²) < 4.78 is 33.8. The molecule has 0 aromatic carbocycles. The highest BCUT2D eigenvalue weighted by molar-refractivity contribution is 7.45. The number of nitrogens with zero attached hydrogens (tertiary/aromatic N) is 1. The number of carbonyl (C=O) groups excluding carboxylic acids is 2. The fourth-order valence-electron chi connectivity index (χ4n) is 6.16. The molecule has 9 nitrogen and oxygen atoms in total. The number of hydrogen-bond acceptors (Lipinski definition) is 8. The van der Waals surface area contributed by atoms with E-state index in [1.54, 1.807) is 0 Å². The van der Waals surface area contributed by atoms with Gasteiger partial charge in [-0.2, -0.15) is 0 Å². The standard InChI is InChI=1S/C52H90NO8P/c1-6-8-10-12-14-15-16-17-18-19-20-21-22-23-24-25-26-27-28-29-30-31-32-33-34-35-36-37-39-41-43-45-52(55)61-50(49-60-62(56,57)59-47-46-53(3,4)5)48-58-51(54)44-42-40-38-13-11-9-7-2/h8,10,14-15,17-18,20-21,23-24,26-27,29-30,50H,6-7,9,11-13,16,19,22,25,28,31-49H2,1-5H3/b10-8-,15-14-,18-17-,21-20-,24-23-,27-26-,30-29-. The van der Waals surface area contributed by atoms with Crippen LogP contribution >= 0.6 is 7.82 Å². The number of likely N-dealkylation sites (N-methyl/N-ethyl adjacent to an activating group) is 1. The second kappa shape index (κ2) is 43.4. The fraction of sp³-hybridized carbons (Fsp3) is 0.692. The first-order valence-electron chi connectivity index (χ1n) is 24.3. The third-order valence-corrected chi connectivity index (χ3v) is 10.9. The minimum Gasteiger partial charge on any atom is -0.756 e. The number of esters is 2. The van der Waals surface area contributed by atoms with Crippen LogP contribution in [0.3, 0.4) is 0 Å². The highest BCUT2D eigenvalue weighted by Crippen LogP contribution is 2.38. The van der Waals surface area contributed by atoms with Gasteiger partial charge in [0, 0.05) is 12.8 Å². The van der Waals surface area contributed by atoms with Gasteiger partial charge in [0.1, 0.15) is 19.8 Å². The van der Waals surface area contributed by atoms with Gasteiger partial charge in [-0.1, -0.05) is 182 Å². The van der Waals surface area contributed by atoms with E-state index in [4.69, 9.17) is 18.5 Å². The molecule has 10 heteroatoms. The summed E-state index contributed by atoms with van der Waals surface area (Å²) in [6.45, 7) is 4.04. The van der Waals surface area contributed by atoms with Gasteiger partial charge in [0.05, 0.1) is 27.7 Å². The lowest BCUT2D eigenvalue weighted by atomic mass is 10.1. The van der Waals surface area contributed by atoms with Crippen molar-refractivity contribution in [2.45, 2.75) is 187 Å². The normalized spacial score (nSPS) is 14.2. The van der Waals surface area contributed by atoms with E-state index in [1.165, 1.54) is 51.4 Å². The van der Waals surface area contributed by atoms with E-state index < -0.39 is 32.5 Å². The van der Waals surface area contributed by atoms with Crippen molar-refractivity contribution in [2.24, 2.45) is 0 Å². The highest BCUT2D eigenvalue weighted by Gasteiger charge is 2.21. The molecule has 62 heavy (non-hydrogen) atoms. The van der Waals surface area contributed by atoms with Crippen molar-refractivity contribution in [1.82, 2.24) is 0 Å². The minimum atomic E-state index is -4.62. The molecule has 0 rings (SSSR count). The number of hydrogen-bond donors (Lipinski definition) is 0. The summed E-state index contributed by atoms with van der Waals surface area (Å²) in [6, 6.07) is 0. The van der Waals surface area contributed by atoms with Crippen LogP contribution in [0.25, 0.3) is 0 Å². The second-order valence-electron chi connectivity index (χ2n) is 17.1. The number of phosphoric ester groups is 1. The summed E-state index contributed by atoms with van der Waals surface area (Å²) in [7, 11) is 1.15.